The average molecular weight is 499 g/mol. The van der Waals surface area contributed by atoms with E-state index in [0.717, 1.165) is 26.9 Å². The minimum absolute atomic E-state index is 0.0225. The summed E-state index contributed by atoms with van der Waals surface area (Å²) in [6.07, 6.45) is 3.49. The lowest BCUT2D eigenvalue weighted by Crippen LogP contribution is -2.30. The molecule has 0 spiro atoms. The molecule has 1 aliphatic rings. The summed E-state index contributed by atoms with van der Waals surface area (Å²) >= 11 is 0. The van der Waals surface area contributed by atoms with Crippen molar-refractivity contribution in [1.29, 1.82) is 0 Å². The van der Waals surface area contributed by atoms with E-state index in [4.69, 9.17) is 9.52 Å². The van der Waals surface area contributed by atoms with Crippen molar-refractivity contribution in [2.75, 3.05) is 7.11 Å². The number of carboxylic acid groups (broad SMARTS) is 1. The number of nitrogens with one attached hydrogen (secondary N) is 1. The number of methoxy groups -OCH3 is 1. The molecule has 1 aliphatic heterocycles. The Morgan fingerprint density at radius 3 is 2.51 bits per heavy atom. The fourth-order valence-electron chi connectivity index (χ4n) is 4.17. The van der Waals surface area contributed by atoms with Gasteiger partial charge in [-0.05, 0) is 42.0 Å². The van der Waals surface area contributed by atoms with Crippen molar-refractivity contribution < 1.29 is 33.4 Å². The van der Waals surface area contributed by atoms with Gasteiger partial charge in [0, 0.05) is 29.2 Å². The fourth-order valence-corrected chi connectivity index (χ4v) is 4.17. The molecule has 5 rings (SSSR count). The zero-order valence-corrected chi connectivity index (χ0v) is 19.6. The lowest BCUT2D eigenvalue weighted by Gasteiger charge is -2.09. The number of esters is 1. The summed E-state index contributed by atoms with van der Waals surface area (Å²) < 4.78 is 12.0. The maximum Gasteiger partial charge on any atom is 0.373 e. The molecule has 2 N–H and O–H groups in total. The Kier molecular flexibility index (Phi) is 6.06. The van der Waals surface area contributed by atoms with Crippen LogP contribution in [0.2, 0.25) is 0 Å². The predicted octanol–water partition coefficient (Wildman–Crippen LogP) is 3.86. The van der Waals surface area contributed by atoms with Gasteiger partial charge >= 0.3 is 18.0 Å². The monoisotopic (exact) mass is 499 g/mol. The molecule has 0 atom stereocenters. The maximum absolute atomic E-state index is 13.0. The molecule has 2 aromatic heterocycles. The SMILES string of the molecule is COC(=O)c1ccc(CN2C(=O)N/C(=C\c3cn(Cc4ccc(C(=O)O)cc4)c4ccccc34)C2=O)o1. The van der Waals surface area contributed by atoms with Crippen LogP contribution in [0.5, 0.6) is 0 Å². The van der Waals surface area contributed by atoms with Crippen LogP contribution in [0, 0.1) is 0 Å². The van der Waals surface area contributed by atoms with E-state index < -0.39 is 23.9 Å². The fraction of sp³-hybridized carbons (Fsp3) is 0.111. The van der Waals surface area contributed by atoms with Crippen LogP contribution in [-0.4, -0.2) is 45.6 Å². The van der Waals surface area contributed by atoms with Gasteiger partial charge in [0.1, 0.15) is 11.5 Å². The van der Waals surface area contributed by atoms with Gasteiger partial charge in [0.25, 0.3) is 5.91 Å². The molecular weight excluding hydrogens is 478 g/mol. The number of para-hydroxylation sites is 1. The normalized spacial score (nSPS) is 14.4. The van der Waals surface area contributed by atoms with Crippen LogP contribution in [0.25, 0.3) is 17.0 Å². The Morgan fingerprint density at radius 1 is 1.03 bits per heavy atom. The van der Waals surface area contributed by atoms with E-state index in [2.05, 4.69) is 10.1 Å². The molecule has 1 fully saturated rings. The molecule has 10 heteroatoms. The number of imide groups is 1. The number of carbonyl (C=O) groups is 4. The van der Waals surface area contributed by atoms with Crippen molar-refractivity contribution in [3.8, 4) is 0 Å². The van der Waals surface area contributed by atoms with Crippen LogP contribution in [0.3, 0.4) is 0 Å². The van der Waals surface area contributed by atoms with E-state index in [0.29, 0.717) is 6.54 Å². The molecule has 37 heavy (non-hydrogen) atoms. The Bertz CT molecular complexity index is 1580. The van der Waals surface area contributed by atoms with Crippen LogP contribution in [0.15, 0.2) is 77.0 Å². The first-order valence-electron chi connectivity index (χ1n) is 11.3. The first kappa shape index (κ1) is 23.6. The highest BCUT2D eigenvalue weighted by Gasteiger charge is 2.34. The highest BCUT2D eigenvalue weighted by molar-refractivity contribution is 6.14. The van der Waals surface area contributed by atoms with Crippen molar-refractivity contribution in [2.45, 2.75) is 13.1 Å². The smallest absolute Gasteiger partial charge is 0.373 e. The van der Waals surface area contributed by atoms with Crippen molar-refractivity contribution in [3.63, 3.8) is 0 Å². The first-order chi connectivity index (χ1) is 17.8. The number of fused-ring (bicyclic) bond motifs is 1. The number of ether oxygens (including phenoxy) is 1. The van der Waals surface area contributed by atoms with Gasteiger partial charge in [-0.1, -0.05) is 30.3 Å². The summed E-state index contributed by atoms with van der Waals surface area (Å²) in [6.45, 7) is 0.337. The Balaban J connectivity index is 1.40. The number of benzene rings is 2. The minimum Gasteiger partial charge on any atom is -0.478 e. The number of hydrogen-bond donors (Lipinski definition) is 2. The summed E-state index contributed by atoms with van der Waals surface area (Å²) in [4.78, 5) is 49.3. The number of rotatable bonds is 7. The van der Waals surface area contributed by atoms with Crippen LogP contribution >= 0.6 is 0 Å². The van der Waals surface area contributed by atoms with E-state index >= 15 is 0 Å². The number of aromatic carboxylic acids is 1. The molecule has 0 bridgehead atoms. The van der Waals surface area contributed by atoms with Gasteiger partial charge in [-0.2, -0.15) is 0 Å². The predicted molar refractivity (Wildman–Crippen MR) is 132 cm³/mol. The molecule has 1 saturated heterocycles. The molecule has 3 heterocycles. The van der Waals surface area contributed by atoms with Gasteiger partial charge in [0.2, 0.25) is 5.76 Å². The zero-order valence-electron chi connectivity index (χ0n) is 19.6. The number of carbonyl (C=O) groups excluding carboxylic acids is 3. The molecular formula is C27H21N3O7. The van der Waals surface area contributed by atoms with E-state index in [1.54, 1.807) is 30.3 Å². The van der Waals surface area contributed by atoms with Crippen molar-refractivity contribution >= 4 is 40.9 Å². The number of amides is 3. The molecule has 0 radical (unpaired) electrons. The number of urea groups is 1. The quantitative estimate of drug-likeness (QED) is 0.224. The molecule has 0 unspecified atom stereocenters. The van der Waals surface area contributed by atoms with Crippen molar-refractivity contribution in [2.24, 2.45) is 0 Å². The topological polar surface area (TPSA) is 131 Å². The number of nitrogens with zero attached hydrogens (tertiary/aromatic N) is 2. The van der Waals surface area contributed by atoms with Gasteiger partial charge in [-0.15, -0.1) is 0 Å². The molecule has 3 amide bonds. The van der Waals surface area contributed by atoms with Crippen molar-refractivity contribution in [3.05, 3.63) is 101 Å². The second-order valence-corrected chi connectivity index (χ2v) is 8.37. The molecule has 186 valence electrons. The second kappa shape index (κ2) is 9.50. The zero-order chi connectivity index (χ0) is 26.1. The van der Waals surface area contributed by atoms with E-state index in [9.17, 15) is 19.2 Å². The first-order valence-corrected chi connectivity index (χ1v) is 11.3. The van der Waals surface area contributed by atoms with Crippen LogP contribution < -0.4 is 5.32 Å². The van der Waals surface area contributed by atoms with Gasteiger partial charge in [0.05, 0.1) is 19.2 Å². The molecule has 0 aliphatic carbocycles. The summed E-state index contributed by atoms with van der Waals surface area (Å²) in [5.41, 5.74) is 2.87. The van der Waals surface area contributed by atoms with E-state index in [1.807, 2.05) is 35.0 Å². The van der Waals surface area contributed by atoms with Crippen LogP contribution in [0.1, 0.15) is 37.8 Å². The lowest BCUT2D eigenvalue weighted by molar-refractivity contribution is -0.123. The van der Waals surface area contributed by atoms with Gasteiger partial charge < -0.3 is 24.1 Å². The molecule has 10 nitrogen and oxygen atoms in total. The number of aromatic nitrogens is 1. The summed E-state index contributed by atoms with van der Waals surface area (Å²) in [7, 11) is 1.23. The summed E-state index contributed by atoms with van der Waals surface area (Å²) in [5, 5.41) is 12.6. The minimum atomic E-state index is -0.986. The highest BCUT2D eigenvalue weighted by Crippen LogP contribution is 2.26. The molecule has 2 aromatic carbocycles. The maximum atomic E-state index is 13.0. The largest absolute Gasteiger partial charge is 0.478 e. The Labute approximate surface area is 210 Å². The van der Waals surface area contributed by atoms with Gasteiger partial charge in [-0.25, -0.2) is 14.4 Å². The Morgan fingerprint density at radius 2 is 1.78 bits per heavy atom. The standard InChI is InChI=1S/C27H21N3O7/c1-36-26(34)23-11-10-19(37-23)15-30-24(31)21(28-27(30)35)12-18-14-29(22-5-3-2-4-20(18)22)13-16-6-8-17(9-7-16)25(32)33/h2-12,14H,13,15H2,1H3,(H,28,35)(H,32,33)/b21-12-. The molecule has 4 aromatic rings. The van der Waals surface area contributed by atoms with E-state index in [1.165, 1.54) is 19.2 Å². The third-order valence-electron chi connectivity index (χ3n) is 6.00. The summed E-state index contributed by atoms with van der Waals surface area (Å²) in [6, 6.07) is 16.6. The number of furan rings is 1. The van der Waals surface area contributed by atoms with Crippen LogP contribution in [0.4, 0.5) is 4.79 Å². The van der Waals surface area contributed by atoms with Crippen LogP contribution in [-0.2, 0) is 22.6 Å². The van der Waals surface area contributed by atoms with Gasteiger partial charge in [0.15, 0.2) is 0 Å². The highest BCUT2D eigenvalue weighted by atomic mass is 16.5. The third-order valence-corrected chi connectivity index (χ3v) is 6.00. The third kappa shape index (κ3) is 4.59. The number of hydrogen-bond acceptors (Lipinski definition) is 6. The lowest BCUT2D eigenvalue weighted by atomic mass is 10.1. The van der Waals surface area contributed by atoms with Gasteiger partial charge in [-0.3, -0.25) is 9.69 Å². The summed E-state index contributed by atoms with van der Waals surface area (Å²) in [5.74, 6) is -1.93. The second-order valence-electron chi connectivity index (χ2n) is 8.37. The van der Waals surface area contributed by atoms with Crippen molar-refractivity contribution in [1.82, 2.24) is 14.8 Å². The van der Waals surface area contributed by atoms with E-state index in [-0.39, 0.29) is 29.3 Å². The number of carboxylic acids is 1. The average Bonchev–Trinajstić information content (AvgIpc) is 3.58. The molecule has 0 saturated carbocycles. The Hall–Kier alpha value is -5.12.